The molecule has 0 bridgehead atoms. The highest BCUT2D eigenvalue weighted by atomic mass is 16.5. The predicted octanol–water partition coefficient (Wildman–Crippen LogP) is 3.86. The van der Waals surface area contributed by atoms with Gasteiger partial charge in [0.05, 0.1) is 13.0 Å². The highest BCUT2D eigenvalue weighted by Gasteiger charge is 2.34. The maximum absolute atomic E-state index is 13.0. The summed E-state index contributed by atoms with van der Waals surface area (Å²) in [7, 11) is 1.61. The van der Waals surface area contributed by atoms with E-state index in [0.717, 1.165) is 17.0 Å². The van der Waals surface area contributed by atoms with Crippen molar-refractivity contribution < 1.29 is 14.3 Å². The number of anilines is 1. The van der Waals surface area contributed by atoms with Gasteiger partial charge >= 0.3 is 6.03 Å². The molecule has 1 saturated heterocycles. The van der Waals surface area contributed by atoms with E-state index in [1.54, 1.807) is 12.0 Å². The molecule has 0 spiro atoms. The lowest BCUT2D eigenvalue weighted by Gasteiger charge is -2.37. The fourth-order valence-corrected chi connectivity index (χ4v) is 3.68. The number of amides is 3. The molecule has 3 amide bonds. The second-order valence-electron chi connectivity index (χ2n) is 7.77. The third-order valence-electron chi connectivity index (χ3n) is 5.15. The molecule has 0 unspecified atom stereocenters. The summed E-state index contributed by atoms with van der Waals surface area (Å²) in [5.74, 6) is 0.503. The summed E-state index contributed by atoms with van der Waals surface area (Å²) in [5.41, 5.74) is 1.87. The molecule has 29 heavy (non-hydrogen) atoms. The van der Waals surface area contributed by atoms with Gasteiger partial charge in [0, 0.05) is 30.7 Å². The number of hydrogen-bond donors (Lipinski definition) is 2. The van der Waals surface area contributed by atoms with E-state index >= 15 is 0 Å². The molecule has 2 aromatic carbocycles. The molecule has 0 aliphatic carbocycles. The number of likely N-dealkylation sites (tertiary alicyclic amines) is 1. The molecule has 1 aliphatic heterocycles. The van der Waals surface area contributed by atoms with Crippen molar-refractivity contribution in [3.05, 3.63) is 60.2 Å². The Hall–Kier alpha value is -3.02. The van der Waals surface area contributed by atoms with Gasteiger partial charge < -0.3 is 20.3 Å². The van der Waals surface area contributed by atoms with Crippen LogP contribution >= 0.6 is 0 Å². The van der Waals surface area contributed by atoms with Crippen molar-refractivity contribution in [3.8, 4) is 5.75 Å². The quantitative estimate of drug-likeness (QED) is 0.808. The molecular formula is C23H29N3O3. The lowest BCUT2D eigenvalue weighted by atomic mass is 9.84. The second kappa shape index (κ2) is 9.45. The number of rotatable bonds is 5. The van der Waals surface area contributed by atoms with E-state index in [1.807, 2.05) is 56.3 Å². The fraction of sp³-hybridized carbons (Fsp3) is 0.391. The first-order valence-electron chi connectivity index (χ1n) is 10.0. The van der Waals surface area contributed by atoms with Crippen molar-refractivity contribution in [2.45, 2.75) is 32.2 Å². The first-order chi connectivity index (χ1) is 14.0. The van der Waals surface area contributed by atoms with Crippen molar-refractivity contribution in [3.63, 3.8) is 0 Å². The van der Waals surface area contributed by atoms with Crippen LogP contribution in [0.1, 0.15) is 31.7 Å². The summed E-state index contributed by atoms with van der Waals surface area (Å²) in [5, 5.41) is 5.93. The Morgan fingerprint density at radius 1 is 1.03 bits per heavy atom. The maximum Gasteiger partial charge on any atom is 0.317 e. The van der Waals surface area contributed by atoms with Crippen LogP contribution in [-0.4, -0.2) is 43.1 Å². The minimum atomic E-state index is -0.283. The van der Waals surface area contributed by atoms with Crippen LogP contribution in [0.2, 0.25) is 0 Å². The van der Waals surface area contributed by atoms with Gasteiger partial charge in [0.2, 0.25) is 5.91 Å². The molecule has 2 atom stereocenters. The lowest BCUT2D eigenvalue weighted by molar-refractivity contribution is -0.121. The molecule has 1 fully saturated rings. The SMILES string of the molecule is COc1ccc(NC(=O)[C@@H]2C[C@@H](c3ccccc3)CN(C(=O)NC(C)C)C2)cc1. The first kappa shape index (κ1) is 20.7. The van der Waals surface area contributed by atoms with Gasteiger partial charge in [0.1, 0.15) is 5.75 Å². The van der Waals surface area contributed by atoms with E-state index in [2.05, 4.69) is 22.8 Å². The highest BCUT2D eigenvalue weighted by molar-refractivity contribution is 5.93. The zero-order valence-corrected chi connectivity index (χ0v) is 17.2. The minimum Gasteiger partial charge on any atom is -0.497 e. The molecule has 0 aromatic heterocycles. The third kappa shape index (κ3) is 5.50. The molecule has 6 heteroatoms. The van der Waals surface area contributed by atoms with Gasteiger partial charge in [-0.05, 0) is 50.1 Å². The fourth-order valence-electron chi connectivity index (χ4n) is 3.68. The largest absolute Gasteiger partial charge is 0.497 e. The average molecular weight is 396 g/mol. The molecule has 6 nitrogen and oxygen atoms in total. The topological polar surface area (TPSA) is 70.7 Å². The van der Waals surface area contributed by atoms with Crippen molar-refractivity contribution in [1.82, 2.24) is 10.2 Å². The normalized spacial score (nSPS) is 19.0. The summed E-state index contributed by atoms with van der Waals surface area (Å²) in [6.07, 6.45) is 0.706. The summed E-state index contributed by atoms with van der Waals surface area (Å²) >= 11 is 0. The van der Waals surface area contributed by atoms with Crippen LogP contribution in [0, 0.1) is 5.92 Å². The van der Waals surface area contributed by atoms with Gasteiger partial charge in [-0.2, -0.15) is 0 Å². The Morgan fingerprint density at radius 3 is 2.34 bits per heavy atom. The molecule has 0 radical (unpaired) electrons. The number of nitrogens with one attached hydrogen (secondary N) is 2. The highest BCUT2D eigenvalue weighted by Crippen LogP contribution is 2.31. The Balaban J connectivity index is 1.75. The zero-order valence-electron chi connectivity index (χ0n) is 17.2. The Labute approximate surface area is 172 Å². The van der Waals surface area contributed by atoms with Crippen molar-refractivity contribution in [2.24, 2.45) is 5.92 Å². The third-order valence-corrected chi connectivity index (χ3v) is 5.15. The monoisotopic (exact) mass is 395 g/mol. The van der Waals surface area contributed by atoms with Gasteiger partial charge in [-0.1, -0.05) is 30.3 Å². The number of nitrogens with zero attached hydrogens (tertiary/aromatic N) is 1. The number of carbonyl (C=O) groups excluding carboxylic acids is 2. The van der Waals surface area contributed by atoms with Gasteiger partial charge in [0.15, 0.2) is 0 Å². The van der Waals surface area contributed by atoms with E-state index < -0.39 is 0 Å². The van der Waals surface area contributed by atoms with E-state index in [1.165, 1.54) is 0 Å². The predicted molar refractivity (Wildman–Crippen MR) is 114 cm³/mol. The molecule has 0 saturated carbocycles. The summed E-state index contributed by atoms with van der Waals surface area (Å²) < 4.78 is 5.16. The zero-order chi connectivity index (χ0) is 20.8. The number of piperidine rings is 1. The standard InChI is InChI=1S/C23H29N3O3/c1-16(2)24-23(28)26-14-18(17-7-5-4-6-8-17)13-19(15-26)22(27)25-20-9-11-21(29-3)12-10-20/h4-12,16,18-19H,13-15H2,1-3H3,(H,24,28)(H,25,27)/t18-,19-/m1/s1. The smallest absolute Gasteiger partial charge is 0.317 e. The van der Waals surface area contributed by atoms with Crippen molar-refractivity contribution >= 4 is 17.6 Å². The Morgan fingerprint density at radius 2 is 1.72 bits per heavy atom. The van der Waals surface area contributed by atoms with Crippen LogP contribution in [0.3, 0.4) is 0 Å². The summed E-state index contributed by atoms with van der Waals surface area (Å²) in [6, 6.07) is 17.3. The van der Waals surface area contributed by atoms with E-state index in [4.69, 9.17) is 4.74 Å². The number of ether oxygens (including phenoxy) is 1. The van der Waals surface area contributed by atoms with Crippen LogP contribution in [0.25, 0.3) is 0 Å². The number of methoxy groups -OCH3 is 1. The number of benzene rings is 2. The van der Waals surface area contributed by atoms with E-state index in [9.17, 15) is 9.59 Å². The summed E-state index contributed by atoms with van der Waals surface area (Å²) in [6.45, 7) is 4.88. The molecule has 3 rings (SSSR count). The molecular weight excluding hydrogens is 366 g/mol. The molecule has 2 aromatic rings. The van der Waals surface area contributed by atoms with Gasteiger partial charge in [-0.3, -0.25) is 4.79 Å². The lowest BCUT2D eigenvalue weighted by Crippen LogP contribution is -2.51. The molecule has 1 heterocycles. The first-order valence-corrected chi connectivity index (χ1v) is 10.0. The number of carbonyl (C=O) groups is 2. The average Bonchev–Trinajstić information content (AvgIpc) is 2.74. The van der Waals surface area contributed by atoms with Gasteiger partial charge in [-0.25, -0.2) is 4.79 Å². The van der Waals surface area contributed by atoms with Crippen molar-refractivity contribution in [1.29, 1.82) is 0 Å². The second-order valence-corrected chi connectivity index (χ2v) is 7.77. The maximum atomic E-state index is 13.0. The van der Waals surface area contributed by atoms with Gasteiger partial charge in [0.25, 0.3) is 0 Å². The molecule has 2 N–H and O–H groups in total. The van der Waals surface area contributed by atoms with Crippen LogP contribution in [0.4, 0.5) is 10.5 Å². The van der Waals surface area contributed by atoms with Crippen LogP contribution < -0.4 is 15.4 Å². The minimum absolute atomic E-state index is 0.0474. The number of urea groups is 1. The summed E-state index contributed by atoms with van der Waals surface area (Å²) in [4.78, 5) is 27.4. The Kier molecular flexibility index (Phi) is 6.75. The molecule has 154 valence electrons. The van der Waals surface area contributed by atoms with E-state index in [0.29, 0.717) is 19.5 Å². The van der Waals surface area contributed by atoms with E-state index in [-0.39, 0.29) is 29.8 Å². The van der Waals surface area contributed by atoms with Crippen molar-refractivity contribution in [2.75, 3.05) is 25.5 Å². The van der Waals surface area contributed by atoms with Crippen LogP contribution in [0.15, 0.2) is 54.6 Å². The molecule has 1 aliphatic rings. The van der Waals surface area contributed by atoms with Gasteiger partial charge in [-0.15, -0.1) is 0 Å². The number of hydrogen-bond acceptors (Lipinski definition) is 3. The van der Waals surface area contributed by atoms with Crippen LogP contribution in [-0.2, 0) is 4.79 Å². The Bertz CT molecular complexity index is 821. The van der Waals surface area contributed by atoms with Crippen LogP contribution in [0.5, 0.6) is 5.75 Å².